The average molecular weight is 241 g/mol. The fourth-order valence-corrected chi connectivity index (χ4v) is 2.41. The lowest BCUT2D eigenvalue weighted by Gasteiger charge is -2.29. The van der Waals surface area contributed by atoms with Crippen LogP contribution in [0.1, 0.15) is 6.92 Å². The second kappa shape index (κ2) is 5.31. The summed E-state index contributed by atoms with van der Waals surface area (Å²) in [5, 5.41) is 10.3. The van der Waals surface area contributed by atoms with Gasteiger partial charge in [-0.25, -0.2) is 4.98 Å². The molecular formula is C9H15N5OS. The molecule has 1 aromatic rings. The van der Waals surface area contributed by atoms with Gasteiger partial charge in [0.25, 0.3) is 0 Å². The van der Waals surface area contributed by atoms with Crippen molar-refractivity contribution >= 4 is 17.7 Å². The monoisotopic (exact) mass is 241 g/mol. The molecule has 1 saturated heterocycles. The molecular weight excluding hydrogens is 226 g/mol. The van der Waals surface area contributed by atoms with Crippen LogP contribution >= 0.6 is 11.8 Å². The molecule has 0 spiro atoms. The highest BCUT2D eigenvalue weighted by atomic mass is 32.2. The van der Waals surface area contributed by atoms with Gasteiger partial charge < -0.3 is 10.2 Å². The molecule has 0 aliphatic carbocycles. The van der Waals surface area contributed by atoms with Crippen molar-refractivity contribution < 1.29 is 4.79 Å². The van der Waals surface area contributed by atoms with E-state index in [0.29, 0.717) is 5.16 Å². The Morgan fingerprint density at radius 3 is 2.94 bits per heavy atom. The summed E-state index contributed by atoms with van der Waals surface area (Å²) in [5.41, 5.74) is 0. The Kier molecular flexibility index (Phi) is 3.79. The maximum absolute atomic E-state index is 12.0. The van der Waals surface area contributed by atoms with E-state index >= 15 is 0 Å². The van der Waals surface area contributed by atoms with Gasteiger partial charge in [0, 0.05) is 26.2 Å². The largest absolute Gasteiger partial charge is 0.339 e. The summed E-state index contributed by atoms with van der Waals surface area (Å²) in [4.78, 5) is 17.9. The lowest BCUT2D eigenvalue weighted by molar-refractivity contribution is -0.130. The minimum Gasteiger partial charge on any atom is -0.339 e. The Morgan fingerprint density at radius 2 is 2.31 bits per heavy atom. The Hall–Kier alpha value is -1.08. The van der Waals surface area contributed by atoms with E-state index in [2.05, 4.69) is 20.5 Å². The van der Waals surface area contributed by atoms with Crippen molar-refractivity contribution in [3.63, 3.8) is 0 Å². The molecule has 1 amide bonds. The van der Waals surface area contributed by atoms with Crippen LogP contribution in [-0.4, -0.2) is 57.4 Å². The summed E-state index contributed by atoms with van der Waals surface area (Å²) in [6, 6.07) is 0. The number of H-pyrrole nitrogens is 1. The Bertz CT molecular complexity index is 336. The number of carbonyl (C=O) groups is 1. The van der Waals surface area contributed by atoms with Crippen molar-refractivity contribution in [1.29, 1.82) is 0 Å². The number of hydrogen-bond acceptors (Lipinski definition) is 5. The van der Waals surface area contributed by atoms with Gasteiger partial charge in [0.2, 0.25) is 5.91 Å². The van der Waals surface area contributed by atoms with E-state index < -0.39 is 0 Å². The minimum atomic E-state index is -0.119. The zero-order valence-corrected chi connectivity index (χ0v) is 9.96. The van der Waals surface area contributed by atoms with Crippen LogP contribution in [0.2, 0.25) is 0 Å². The van der Waals surface area contributed by atoms with E-state index in [-0.39, 0.29) is 11.2 Å². The first-order valence-electron chi connectivity index (χ1n) is 5.29. The summed E-state index contributed by atoms with van der Waals surface area (Å²) < 4.78 is 0. The van der Waals surface area contributed by atoms with Crippen molar-refractivity contribution in [3.05, 3.63) is 6.33 Å². The van der Waals surface area contributed by atoms with Gasteiger partial charge in [0.15, 0.2) is 5.16 Å². The zero-order chi connectivity index (χ0) is 11.4. The minimum absolute atomic E-state index is 0.119. The van der Waals surface area contributed by atoms with Gasteiger partial charge in [-0.3, -0.25) is 9.89 Å². The number of nitrogens with one attached hydrogen (secondary N) is 2. The topological polar surface area (TPSA) is 73.9 Å². The number of thioether (sulfide) groups is 1. The highest BCUT2D eigenvalue weighted by Gasteiger charge is 2.23. The number of rotatable bonds is 3. The van der Waals surface area contributed by atoms with E-state index in [1.54, 1.807) is 0 Å². The second-order valence-corrected chi connectivity index (χ2v) is 4.96. The van der Waals surface area contributed by atoms with Crippen molar-refractivity contribution in [2.24, 2.45) is 0 Å². The van der Waals surface area contributed by atoms with Gasteiger partial charge >= 0.3 is 0 Å². The number of piperazine rings is 1. The Balaban J connectivity index is 1.88. The highest BCUT2D eigenvalue weighted by Crippen LogP contribution is 2.20. The van der Waals surface area contributed by atoms with Crippen molar-refractivity contribution in [2.75, 3.05) is 26.2 Å². The van der Waals surface area contributed by atoms with Gasteiger partial charge in [-0.15, -0.1) is 0 Å². The summed E-state index contributed by atoms with van der Waals surface area (Å²) in [7, 11) is 0. The number of nitrogens with zero attached hydrogens (tertiary/aromatic N) is 3. The lowest BCUT2D eigenvalue weighted by Crippen LogP contribution is -2.48. The van der Waals surface area contributed by atoms with Gasteiger partial charge in [0.05, 0.1) is 5.25 Å². The van der Waals surface area contributed by atoms with Crippen LogP contribution in [0, 0.1) is 0 Å². The molecule has 1 fully saturated rings. The van der Waals surface area contributed by atoms with E-state index in [1.165, 1.54) is 18.1 Å². The highest BCUT2D eigenvalue weighted by molar-refractivity contribution is 8.00. The van der Waals surface area contributed by atoms with Crippen LogP contribution in [0.15, 0.2) is 11.5 Å². The van der Waals surface area contributed by atoms with E-state index in [1.807, 2.05) is 11.8 Å². The number of aromatic nitrogens is 3. The predicted molar refractivity (Wildman–Crippen MR) is 61.2 cm³/mol. The molecule has 0 saturated carbocycles. The summed E-state index contributed by atoms with van der Waals surface area (Å²) in [6.07, 6.45) is 1.45. The summed E-state index contributed by atoms with van der Waals surface area (Å²) in [5.74, 6) is 0.169. The fourth-order valence-electron chi connectivity index (χ4n) is 1.61. The standard InChI is InChI=1S/C9H15N5OS/c1-7(16-9-11-6-12-13-9)8(15)14-4-2-10-3-5-14/h6-7,10H,2-5H2,1H3,(H,11,12,13). The van der Waals surface area contributed by atoms with E-state index in [9.17, 15) is 4.79 Å². The van der Waals surface area contributed by atoms with Crippen LogP contribution in [-0.2, 0) is 4.79 Å². The quantitative estimate of drug-likeness (QED) is 0.712. The zero-order valence-electron chi connectivity index (χ0n) is 9.14. The number of carbonyl (C=O) groups excluding carboxylic acids is 1. The molecule has 1 aliphatic rings. The fraction of sp³-hybridized carbons (Fsp3) is 0.667. The first kappa shape index (κ1) is 11.4. The van der Waals surface area contributed by atoms with Gasteiger partial charge in [-0.05, 0) is 6.92 Å². The molecule has 1 atom stereocenters. The molecule has 1 unspecified atom stereocenters. The van der Waals surface area contributed by atoms with Crippen LogP contribution in [0.25, 0.3) is 0 Å². The third-order valence-electron chi connectivity index (χ3n) is 2.46. The van der Waals surface area contributed by atoms with Crippen LogP contribution in [0.4, 0.5) is 0 Å². The van der Waals surface area contributed by atoms with Crippen LogP contribution in [0.3, 0.4) is 0 Å². The average Bonchev–Trinajstić information content (AvgIpc) is 2.82. The van der Waals surface area contributed by atoms with E-state index in [4.69, 9.17) is 0 Å². The first-order valence-corrected chi connectivity index (χ1v) is 6.17. The molecule has 2 rings (SSSR count). The maximum atomic E-state index is 12.0. The molecule has 0 aromatic carbocycles. The molecule has 1 aromatic heterocycles. The SMILES string of the molecule is CC(Sc1ncn[nH]1)C(=O)N1CCNCC1. The second-order valence-electron chi connectivity index (χ2n) is 3.63. The molecule has 88 valence electrons. The lowest BCUT2D eigenvalue weighted by atomic mass is 10.3. The van der Waals surface area contributed by atoms with Crippen molar-refractivity contribution in [1.82, 2.24) is 25.4 Å². The first-order chi connectivity index (χ1) is 7.77. The van der Waals surface area contributed by atoms with Crippen molar-refractivity contribution in [3.8, 4) is 0 Å². The van der Waals surface area contributed by atoms with Crippen molar-refractivity contribution in [2.45, 2.75) is 17.3 Å². The third-order valence-corrected chi connectivity index (χ3v) is 3.43. The smallest absolute Gasteiger partial charge is 0.235 e. The van der Waals surface area contributed by atoms with E-state index in [0.717, 1.165) is 26.2 Å². The molecule has 7 heteroatoms. The summed E-state index contributed by atoms with van der Waals surface area (Å²) in [6.45, 7) is 5.24. The van der Waals surface area contributed by atoms with Crippen LogP contribution in [0.5, 0.6) is 0 Å². The molecule has 1 aliphatic heterocycles. The van der Waals surface area contributed by atoms with Gasteiger partial charge in [-0.2, -0.15) is 5.10 Å². The molecule has 6 nitrogen and oxygen atoms in total. The van der Waals surface area contributed by atoms with Gasteiger partial charge in [-0.1, -0.05) is 11.8 Å². The number of amides is 1. The Morgan fingerprint density at radius 1 is 1.56 bits per heavy atom. The molecule has 2 heterocycles. The normalized spacial score (nSPS) is 18.4. The summed E-state index contributed by atoms with van der Waals surface area (Å²) >= 11 is 1.41. The maximum Gasteiger partial charge on any atom is 0.235 e. The van der Waals surface area contributed by atoms with Crippen LogP contribution < -0.4 is 5.32 Å². The Labute approximate surface area is 98.2 Å². The third kappa shape index (κ3) is 2.73. The van der Waals surface area contributed by atoms with Gasteiger partial charge in [0.1, 0.15) is 6.33 Å². The predicted octanol–water partition coefficient (Wildman–Crippen LogP) is -0.283. The molecule has 16 heavy (non-hydrogen) atoms. The number of hydrogen-bond donors (Lipinski definition) is 2. The number of aromatic amines is 1. The molecule has 0 bridgehead atoms. The molecule has 0 radical (unpaired) electrons. The molecule has 2 N–H and O–H groups in total.